The summed E-state index contributed by atoms with van der Waals surface area (Å²) >= 11 is 0. The molecule has 170 valence electrons. The van der Waals surface area contributed by atoms with E-state index in [0.29, 0.717) is 49.8 Å². The summed E-state index contributed by atoms with van der Waals surface area (Å²) in [6.07, 6.45) is 1.81. The molecule has 0 aliphatic carbocycles. The van der Waals surface area contributed by atoms with Gasteiger partial charge in [0.15, 0.2) is 11.7 Å². The number of amides is 1. The van der Waals surface area contributed by atoms with Crippen molar-refractivity contribution >= 4 is 28.4 Å². The number of para-hydroxylation sites is 2. The lowest BCUT2D eigenvalue weighted by atomic mass is 10.0. The fourth-order valence-electron chi connectivity index (χ4n) is 3.99. The Balaban J connectivity index is 1.61. The van der Waals surface area contributed by atoms with Crippen LogP contribution in [0, 0.1) is 17.1 Å². The smallest absolute Gasteiger partial charge is 0.243 e. The number of unbranched alkanes of at least 4 members (excludes halogenated alkanes) is 1. The molecule has 1 aromatic heterocycles. The predicted octanol–water partition coefficient (Wildman–Crippen LogP) is 3.62. The first kappa shape index (κ1) is 22.5. The summed E-state index contributed by atoms with van der Waals surface area (Å²) in [7, 11) is 0. The van der Waals surface area contributed by atoms with Gasteiger partial charge < -0.3 is 15.1 Å². The molecular weight excluding hydrogens is 419 g/mol. The summed E-state index contributed by atoms with van der Waals surface area (Å²) in [6.45, 7) is 5.28. The molecule has 2 heterocycles. The highest BCUT2D eigenvalue weighted by molar-refractivity contribution is 5.88. The minimum absolute atomic E-state index is 0.256. The number of aromatic nitrogens is 2. The molecule has 0 unspecified atom stereocenters. The summed E-state index contributed by atoms with van der Waals surface area (Å²) in [6, 6.07) is 16.1. The van der Waals surface area contributed by atoms with Gasteiger partial charge in [-0.3, -0.25) is 4.79 Å². The molecule has 1 fully saturated rings. The van der Waals surface area contributed by atoms with Crippen molar-refractivity contribution in [1.82, 2.24) is 15.3 Å². The Morgan fingerprint density at radius 2 is 1.70 bits per heavy atom. The van der Waals surface area contributed by atoms with Crippen molar-refractivity contribution in [1.29, 1.82) is 5.26 Å². The van der Waals surface area contributed by atoms with Crippen LogP contribution in [0.2, 0.25) is 0 Å². The number of benzene rings is 2. The van der Waals surface area contributed by atoms with Crippen LogP contribution in [0.15, 0.2) is 48.5 Å². The van der Waals surface area contributed by atoms with Gasteiger partial charge in [-0.15, -0.1) is 0 Å². The Bertz CT molecular complexity index is 1150. The Morgan fingerprint density at radius 1 is 1.06 bits per heavy atom. The zero-order valence-electron chi connectivity index (χ0n) is 18.7. The van der Waals surface area contributed by atoms with Crippen molar-refractivity contribution in [2.45, 2.75) is 25.7 Å². The molecule has 0 saturated carbocycles. The lowest BCUT2D eigenvalue weighted by Gasteiger charge is -2.37. The van der Waals surface area contributed by atoms with E-state index < -0.39 is 5.92 Å². The number of nitrogens with one attached hydrogen (secondary N) is 1. The van der Waals surface area contributed by atoms with Crippen LogP contribution in [0.25, 0.3) is 11.0 Å². The van der Waals surface area contributed by atoms with Crippen LogP contribution in [0.1, 0.15) is 31.4 Å². The first-order valence-electron chi connectivity index (χ1n) is 11.3. The van der Waals surface area contributed by atoms with Gasteiger partial charge in [-0.1, -0.05) is 25.5 Å². The molecule has 7 nitrogen and oxygen atoms in total. The molecule has 0 spiro atoms. The standard InChI is InChI=1S/C25H27FN6O/c1-2-3-12-28-25(33)20(17-27)23-24(30-22-7-5-4-6-21(22)29-23)32-15-13-31(14-16-32)19-10-8-18(26)9-11-19/h4-11,20H,2-3,12-16H2,1H3,(H,28,33)/t20-/m1/s1. The average molecular weight is 447 g/mol. The van der Waals surface area contributed by atoms with Crippen LogP contribution >= 0.6 is 0 Å². The molecule has 33 heavy (non-hydrogen) atoms. The van der Waals surface area contributed by atoms with Gasteiger partial charge in [0.2, 0.25) is 5.91 Å². The number of hydrogen-bond donors (Lipinski definition) is 1. The second-order valence-electron chi connectivity index (χ2n) is 8.08. The van der Waals surface area contributed by atoms with Gasteiger partial charge in [-0.2, -0.15) is 5.26 Å². The highest BCUT2D eigenvalue weighted by Gasteiger charge is 2.30. The quantitative estimate of drug-likeness (QED) is 0.558. The number of carbonyl (C=O) groups is 1. The molecule has 8 heteroatoms. The Kier molecular flexibility index (Phi) is 6.98. The highest BCUT2D eigenvalue weighted by atomic mass is 19.1. The first-order chi connectivity index (χ1) is 16.1. The van der Waals surface area contributed by atoms with Crippen LogP contribution in [0.3, 0.4) is 0 Å². The molecule has 0 radical (unpaired) electrons. The van der Waals surface area contributed by atoms with E-state index >= 15 is 0 Å². The minimum Gasteiger partial charge on any atom is -0.368 e. The van der Waals surface area contributed by atoms with Crippen molar-refractivity contribution in [3.05, 3.63) is 60.0 Å². The van der Waals surface area contributed by atoms with Gasteiger partial charge >= 0.3 is 0 Å². The number of nitrogens with zero attached hydrogens (tertiary/aromatic N) is 5. The van der Waals surface area contributed by atoms with E-state index in [0.717, 1.165) is 24.0 Å². The van der Waals surface area contributed by atoms with Crippen LogP contribution < -0.4 is 15.1 Å². The average Bonchev–Trinajstić information content (AvgIpc) is 2.85. The van der Waals surface area contributed by atoms with Gasteiger partial charge in [0.1, 0.15) is 11.5 Å². The van der Waals surface area contributed by atoms with Gasteiger partial charge in [0.25, 0.3) is 0 Å². The number of rotatable bonds is 7. The number of fused-ring (bicyclic) bond motifs is 1. The fourth-order valence-corrected chi connectivity index (χ4v) is 3.99. The van der Waals surface area contributed by atoms with Gasteiger partial charge in [0, 0.05) is 38.4 Å². The van der Waals surface area contributed by atoms with Crippen molar-refractivity contribution in [3.8, 4) is 6.07 Å². The number of anilines is 2. The second kappa shape index (κ2) is 10.3. The van der Waals surface area contributed by atoms with Crippen LogP contribution in [-0.2, 0) is 4.79 Å². The highest BCUT2D eigenvalue weighted by Crippen LogP contribution is 2.29. The summed E-state index contributed by atoms with van der Waals surface area (Å²) in [5.41, 5.74) is 2.73. The molecule has 1 atom stereocenters. The third kappa shape index (κ3) is 5.03. The summed E-state index contributed by atoms with van der Waals surface area (Å²) in [5.74, 6) is -1.07. The summed E-state index contributed by atoms with van der Waals surface area (Å²) in [5, 5.41) is 12.7. The summed E-state index contributed by atoms with van der Waals surface area (Å²) < 4.78 is 13.3. The zero-order valence-corrected chi connectivity index (χ0v) is 18.7. The molecule has 1 amide bonds. The van der Waals surface area contributed by atoms with E-state index in [1.807, 2.05) is 31.2 Å². The maximum Gasteiger partial charge on any atom is 0.243 e. The lowest BCUT2D eigenvalue weighted by Crippen LogP contribution is -2.47. The Morgan fingerprint density at radius 3 is 2.33 bits per heavy atom. The first-order valence-corrected chi connectivity index (χ1v) is 11.3. The normalized spacial score (nSPS) is 14.7. The SMILES string of the molecule is CCCCNC(=O)[C@H](C#N)c1nc2ccccc2nc1N1CCN(c2ccc(F)cc2)CC1. The maximum absolute atomic E-state index is 13.3. The Hall–Kier alpha value is -3.73. The number of hydrogen-bond acceptors (Lipinski definition) is 6. The minimum atomic E-state index is -1.04. The molecule has 4 rings (SSSR count). The number of halogens is 1. The van der Waals surface area contributed by atoms with E-state index in [9.17, 15) is 14.4 Å². The predicted molar refractivity (Wildman–Crippen MR) is 127 cm³/mol. The second-order valence-corrected chi connectivity index (χ2v) is 8.08. The largest absolute Gasteiger partial charge is 0.368 e. The summed E-state index contributed by atoms with van der Waals surface area (Å²) in [4.78, 5) is 26.6. The van der Waals surface area contributed by atoms with Crippen molar-refractivity contribution < 1.29 is 9.18 Å². The molecule has 1 saturated heterocycles. The van der Waals surface area contributed by atoms with E-state index in [4.69, 9.17) is 9.97 Å². The van der Waals surface area contributed by atoms with Crippen molar-refractivity contribution in [3.63, 3.8) is 0 Å². The topological polar surface area (TPSA) is 85.1 Å². The third-order valence-corrected chi connectivity index (χ3v) is 5.84. The zero-order chi connectivity index (χ0) is 23.2. The van der Waals surface area contributed by atoms with E-state index in [2.05, 4.69) is 21.2 Å². The van der Waals surface area contributed by atoms with Gasteiger partial charge in [-0.25, -0.2) is 14.4 Å². The number of carbonyl (C=O) groups excluding carboxylic acids is 1. The monoisotopic (exact) mass is 446 g/mol. The number of piperazine rings is 1. The van der Waals surface area contributed by atoms with E-state index in [1.54, 1.807) is 12.1 Å². The number of nitriles is 1. The molecule has 1 N–H and O–H groups in total. The van der Waals surface area contributed by atoms with Gasteiger partial charge in [0.05, 0.1) is 17.1 Å². The van der Waals surface area contributed by atoms with Crippen molar-refractivity contribution in [2.75, 3.05) is 42.5 Å². The molecule has 1 aliphatic heterocycles. The molecule has 3 aromatic rings. The lowest BCUT2D eigenvalue weighted by molar-refractivity contribution is -0.121. The molecule has 1 aliphatic rings. The van der Waals surface area contributed by atoms with Crippen LogP contribution in [0.4, 0.5) is 15.9 Å². The van der Waals surface area contributed by atoms with E-state index in [1.165, 1.54) is 12.1 Å². The third-order valence-electron chi connectivity index (χ3n) is 5.84. The Labute approximate surface area is 192 Å². The van der Waals surface area contributed by atoms with E-state index in [-0.39, 0.29) is 11.7 Å². The molecule has 0 bridgehead atoms. The fraction of sp³-hybridized carbons (Fsp3) is 0.360. The van der Waals surface area contributed by atoms with Crippen LogP contribution in [-0.4, -0.2) is 48.6 Å². The molecular formula is C25H27FN6O. The van der Waals surface area contributed by atoms with Crippen molar-refractivity contribution in [2.24, 2.45) is 0 Å². The van der Waals surface area contributed by atoms with Gasteiger partial charge in [-0.05, 0) is 42.8 Å². The molecule has 2 aromatic carbocycles. The maximum atomic E-state index is 13.3. The van der Waals surface area contributed by atoms with Crippen LogP contribution in [0.5, 0.6) is 0 Å².